The van der Waals surface area contributed by atoms with Crippen LogP contribution in [0.2, 0.25) is 0 Å². The van der Waals surface area contributed by atoms with E-state index in [0.29, 0.717) is 11.7 Å². The predicted molar refractivity (Wildman–Crippen MR) is 76.8 cm³/mol. The number of ether oxygens (including phenoxy) is 1. The molecule has 0 spiro atoms. The fourth-order valence-corrected chi connectivity index (χ4v) is 1.79. The van der Waals surface area contributed by atoms with Crippen molar-refractivity contribution in [1.82, 2.24) is 4.90 Å². The van der Waals surface area contributed by atoms with Crippen molar-refractivity contribution in [2.75, 3.05) is 32.9 Å². The van der Waals surface area contributed by atoms with E-state index in [1.807, 2.05) is 24.3 Å². The number of aliphatic hydroxyl groups excluding tert-OH is 2. The van der Waals surface area contributed by atoms with Crippen LogP contribution >= 0.6 is 0 Å². The van der Waals surface area contributed by atoms with Gasteiger partial charge in [0.05, 0.1) is 13.2 Å². The molecule has 0 atom stereocenters. The summed E-state index contributed by atoms with van der Waals surface area (Å²) in [6, 6.07) is 7.63. The Bertz CT molecular complexity index is 397. The minimum Gasteiger partial charge on any atom is -0.484 e. The van der Waals surface area contributed by atoms with E-state index in [4.69, 9.17) is 14.9 Å². The first-order valence-corrected chi connectivity index (χ1v) is 6.80. The molecule has 0 aliphatic carbocycles. The maximum absolute atomic E-state index is 11.9. The lowest BCUT2D eigenvalue weighted by molar-refractivity contribution is -0.134. The smallest absolute Gasteiger partial charge is 0.260 e. The summed E-state index contributed by atoms with van der Waals surface area (Å²) in [4.78, 5) is 13.2. The van der Waals surface area contributed by atoms with Crippen LogP contribution in [-0.4, -0.2) is 53.9 Å². The molecule has 0 saturated carbocycles. The fourth-order valence-electron chi connectivity index (χ4n) is 1.79. The summed E-state index contributed by atoms with van der Waals surface area (Å²) in [5, 5.41) is 17.7. The van der Waals surface area contributed by atoms with Crippen LogP contribution < -0.4 is 4.74 Å². The van der Waals surface area contributed by atoms with Gasteiger partial charge >= 0.3 is 0 Å². The molecule has 0 aliphatic heterocycles. The van der Waals surface area contributed by atoms with Crippen molar-refractivity contribution >= 4 is 5.91 Å². The van der Waals surface area contributed by atoms with Gasteiger partial charge in [-0.2, -0.15) is 0 Å². The van der Waals surface area contributed by atoms with E-state index in [9.17, 15) is 4.79 Å². The Morgan fingerprint density at radius 2 is 1.70 bits per heavy atom. The average molecular weight is 281 g/mol. The van der Waals surface area contributed by atoms with Crippen molar-refractivity contribution in [1.29, 1.82) is 0 Å². The molecular weight excluding hydrogens is 258 g/mol. The molecule has 0 fully saturated rings. The lowest BCUT2D eigenvalue weighted by atomic mass is 10.0. The predicted octanol–water partition coefficient (Wildman–Crippen LogP) is 1.00. The number of benzene rings is 1. The van der Waals surface area contributed by atoms with Gasteiger partial charge in [0.25, 0.3) is 5.91 Å². The number of hydrogen-bond donors (Lipinski definition) is 2. The second-order valence-electron chi connectivity index (χ2n) is 4.84. The van der Waals surface area contributed by atoms with Crippen molar-refractivity contribution in [3.05, 3.63) is 29.8 Å². The van der Waals surface area contributed by atoms with E-state index in [1.165, 1.54) is 10.5 Å². The summed E-state index contributed by atoms with van der Waals surface area (Å²) in [6.07, 6.45) is 0. The second kappa shape index (κ2) is 8.55. The van der Waals surface area contributed by atoms with Crippen LogP contribution in [0.25, 0.3) is 0 Å². The Morgan fingerprint density at radius 1 is 1.15 bits per heavy atom. The molecule has 0 bridgehead atoms. The van der Waals surface area contributed by atoms with Crippen LogP contribution in [0.1, 0.15) is 25.3 Å². The van der Waals surface area contributed by atoms with Crippen LogP contribution in [0.3, 0.4) is 0 Å². The SMILES string of the molecule is CC(C)c1ccc(OCC(=O)N(CCO)CCO)cc1. The van der Waals surface area contributed by atoms with E-state index in [0.717, 1.165) is 0 Å². The van der Waals surface area contributed by atoms with Crippen LogP contribution in [0.4, 0.5) is 0 Å². The first-order chi connectivity index (χ1) is 9.58. The van der Waals surface area contributed by atoms with Gasteiger partial charge in [-0.1, -0.05) is 26.0 Å². The molecule has 1 aromatic carbocycles. The Labute approximate surface area is 119 Å². The number of nitrogens with zero attached hydrogens (tertiary/aromatic N) is 1. The highest BCUT2D eigenvalue weighted by Gasteiger charge is 2.13. The molecule has 0 saturated heterocycles. The molecule has 1 aromatic rings. The molecule has 5 nitrogen and oxygen atoms in total. The largest absolute Gasteiger partial charge is 0.484 e. The minimum atomic E-state index is -0.249. The zero-order valence-corrected chi connectivity index (χ0v) is 12.1. The molecule has 2 N–H and O–H groups in total. The van der Waals surface area contributed by atoms with Crippen molar-refractivity contribution in [2.45, 2.75) is 19.8 Å². The third kappa shape index (κ3) is 5.19. The van der Waals surface area contributed by atoms with Crippen LogP contribution in [0, 0.1) is 0 Å². The molecule has 0 heterocycles. The fraction of sp³-hybridized carbons (Fsp3) is 0.533. The monoisotopic (exact) mass is 281 g/mol. The van der Waals surface area contributed by atoms with Crippen LogP contribution in [0.5, 0.6) is 5.75 Å². The number of rotatable bonds is 8. The Morgan fingerprint density at radius 3 is 2.15 bits per heavy atom. The molecular formula is C15H23NO4. The van der Waals surface area contributed by atoms with Gasteiger partial charge in [-0.15, -0.1) is 0 Å². The lowest BCUT2D eigenvalue weighted by Gasteiger charge is -2.20. The first-order valence-electron chi connectivity index (χ1n) is 6.80. The van der Waals surface area contributed by atoms with E-state index >= 15 is 0 Å². The Hall–Kier alpha value is -1.59. The lowest BCUT2D eigenvalue weighted by Crippen LogP contribution is -2.38. The molecule has 0 aromatic heterocycles. The van der Waals surface area contributed by atoms with Gasteiger partial charge in [0, 0.05) is 13.1 Å². The Balaban J connectivity index is 2.50. The van der Waals surface area contributed by atoms with Gasteiger partial charge in [-0.25, -0.2) is 0 Å². The standard InChI is InChI=1S/C15H23NO4/c1-12(2)13-3-5-14(6-4-13)20-11-15(19)16(7-9-17)8-10-18/h3-6,12,17-18H,7-11H2,1-2H3. The highest BCUT2D eigenvalue weighted by Crippen LogP contribution is 2.18. The van der Waals surface area contributed by atoms with E-state index in [1.54, 1.807) is 0 Å². The third-order valence-electron chi connectivity index (χ3n) is 3.00. The van der Waals surface area contributed by atoms with Crippen molar-refractivity contribution in [3.63, 3.8) is 0 Å². The van der Waals surface area contributed by atoms with Gasteiger partial charge < -0.3 is 19.8 Å². The van der Waals surface area contributed by atoms with Gasteiger partial charge in [-0.05, 0) is 23.6 Å². The number of hydrogen-bond acceptors (Lipinski definition) is 4. The summed E-state index contributed by atoms with van der Waals surface area (Å²) in [6.45, 7) is 4.27. The number of aliphatic hydroxyl groups is 2. The number of carbonyl (C=O) groups is 1. The molecule has 1 amide bonds. The molecule has 0 aliphatic rings. The summed E-state index contributed by atoms with van der Waals surface area (Å²) in [5.41, 5.74) is 1.21. The van der Waals surface area contributed by atoms with E-state index in [-0.39, 0.29) is 38.8 Å². The van der Waals surface area contributed by atoms with Gasteiger partial charge in [0.15, 0.2) is 6.61 Å². The van der Waals surface area contributed by atoms with Crippen molar-refractivity contribution in [2.24, 2.45) is 0 Å². The highest BCUT2D eigenvalue weighted by molar-refractivity contribution is 5.77. The summed E-state index contributed by atoms with van der Waals surface area (Å²) in [7, 11) is 0. The zero-order valence-electron chi connectivity index (χ0n) is 12.1. The number of carbonyl (C=O) groups excluding carboxylic acids is 1. The maximum atomic E-state index is 11.9. The third-order valence-corrected chi connectivity index (χ3v) is 3.00. The first kappa shape index (κ1) is 16.5. The zero-order chi connectivity index (χ0) is 15.0. The average Bonchev–Trinajstić information content (AvgIpc) is 2.45. The van der Waals surface area contributed by atoms with Crippen molar-refractivity contribution in [3.8, 4) is 5.75 Å². The number of amides is 1. The van der Waals surface area contributed by atoms with E-state index < -0.39 is 0 Å². The molecule has 112 valence electrons. The summed E-state index contributed by atoms with van der Waals surface area (Å²) in [5.74, 6) is 0.840. The summed E-state index contributed by atoms with van der Waals surface area (Å²) >= 11 is 0. The molecule has 0 radical (unpaired) electrons. The Kier molecular flexibility index (Phi) is 7.04. The van der Waals surface area contributed by atoms with Crippen LogP contribution in [-0.2, 0) is 4.79 Å². The van der Waals surface area contributed by atoms with Crippen LogP contribution in [0.15, 0.2) is 24.3 Å². The molecule has 5 heteroatoms. The van der Waals surface area contributed by atoms with Gasteiger partial charge in [0.2, 0.25) is 0 Å². The normalized spacial score (nSPS) is 10.7. The van der Waals surface area contributed by atoms with Gasteiger partial charge in [-0.3, -0.25) is 4.79 Å². The quantitative estimate of drug-likeness (QED) is 0.746. The molecule has 1 rings (SSSR count). The molecule has 20 heavy (non-hydrogen) atoms. The minimum absolute atomic E-state index is 0.0962. The van der Waals surface area contributed by atoms with Crippen molar-refractivity contribution < 1.29 is 19.7 Å². The molecule has 0 unspecified atom stereocenters. The maximum Gasteiger partial charge on any atom is 0.260 e. The second-order valence-corrected chi connectivity index (χ2v) is 4.84. The highest BCUT2D eigenvalue weighted by atomic mass is 16.5. The summed E-state index contributed by atoms with van der Waals surface area (Å²) < 4.78 is 5.42. The topological polar surface area (TPSA) is 70.0 Å². The van der Waals surface area contributed by atoms with E-state index in [2.05, 4.69) is 13.8 Å². The van der Waals surface area contributed by atoms with Gasteiger partial charge in [0.1, 0.15) is 5.75 Å².